The Hall–Kier alpha value is -3.92. The molecule has 166 valence electrons. The number of carbonyl (C=O) groups excluding carboxylic acids is 3. The van der Waals surface area contributed by atoms with Crippen LogP contribution in [0.3, 0.4) is 0 Å². The largest absolute Gasteiger partial charge is 0.376 e. The monoisotopic (exact) mass is 436 g/mol. The highest BCUT2D eigenvalue weighted by Gasteiger charge is 2.25. The molecule has 10 nitrogen and oxygen atoms in total. The third-order valence-corrected chi connectivity index (χ3v) is 4.98. The normalized spacial score (nSPS) is 17.9. The number of amides is 4. The first-order chi connectivity index (χ1) is 15.6. The fraction of sp³-hybridized carbons (Fsp3) is 0.273. The van der Waals surface area contributed by atoms with Crippen molar-refractivity contribution in [3.63, 3.8) is 0 Å². The van der Waals surface area contributed by atoms with Gasteiger partial charge in [-0.25, -0.2) is 9.80 Å². The molecule has 1 fully saturated rings. The molecular weight excluding hydrogens is 412 g/mol. The Kier molecular flexibility index (Phi) is 6.61. The molecule has 10 heteroatoms. The number of anilines is 3. The quantitative estimate of drug-likeness (QED) is 0.550. The Morgan fingerprint density at radius 2 is 1.78 bits per heavy atom. The van der Waals surface area contributed by atoms with E-state index >= 15 is 0 Å². The van der Waals surface area contributed by atoms with E-state index in [1.807, 2.05) is 6.07 Å². The van der Waals surface area contributed by atoms with Crippen LogP contribution in [0.1, 0.15) is 12.8 Å². The number of nitrogens with one attached hydrogen (secondary N) is 4. The molecule has 2 aliphatic rings. The highest BCUT2D eigenvalue weighted by Crippen LogP contribution is 2.16. The maximum Gasteiger partial charge on any atom is 0.319 e. The molecule has 4 N–H and O–H groups in total. The van der Waals surface area contributed by atoms with Crippen LogP contribution in [0.2, 0.25) is 0 Å². The van der Waals surface area contributed by atoms with E-state index in [-0.39, 0.29) is 30.4 Å². The van der Waals surface area contributed by atoms with Crippen LogP contribution >= 0.6 is 0 Å². The van der Waals surface area contributed by atoms with Gasteiger partial charge in [0.05, 0.1) is 11.8 Å². The molecule has 2 aliphatic heterocycles. The van der Waals surface area contributed by atoms with E-state index in [9.17, 15) is 14.4 Å². The fourth-order valence-electron chi connectivity index (χ4n) is 3.34. The minimum atomic E-state index is -0.478. The molecule has 0 saturated carbocycles. The Labute approximate surface area is 185 Å². The van der Waals surface area contributed by atoms with Crippen molar-refractivity contribution in [3.8, 4) is 0 Å². The lowest BCUT2D eigenvalue weighted by molar-refractivity contribution is -0.118. The second-order valence-electron chi connectivity index (χ2n) is 7.34. The summed E-state index contributed by atoms with van der Waals surface area (Å²) in [5.41, 5.74) is 4.48. The molecule has 1 saturated heterocycles. The second kappa shape index (κ2) is 9.92. The Morgan fingerprint density at radius 1 is 1.06 bits per heavy atom. The van der Waals surface area contributed by atoms with Gasteiger partial charge in [-0.1, -0.05) is 18.2 Å². The molecule has 32 heavy (non-hydrogen) atoms. The SMILES string of the molecule is O=C(NCC1CCCO1)Nc1ccc(NC(=O)C2=NCC(=O)N(c3ccccc3)N2)cc1. The number of rotatable bonds is 6. The highest BCUT2D eigenvalue weighted by atomic mass is 16.5. The minimum Gasteiger partial charge on any atom is -0.376 e. The van der Waals surface area contributed by atoms with E-state index in [4.69, 9.17) is 4.74 Å². The van der Waals surface area contributed by atoms with Crippen LogP contribution in [-0.4, -0.2) is 49.5 Å². The van der Waals surface area contributed by atoms with Gasteiger partial charge in [0, 0.05) is 24.5 Å². The Morgan fingerprint density at radius 3 is 2.47 bits per heavy atom. The topological polar surface area (TPSA) is 124 Å². The van der Waals surface area contributed by atoms with Crippen molar-refractivity contribution in [3.05, 3.63) is 54.6 Å². The summed E-state index contributed by atoms with van der Waals surface area (Å²) in [5.74, 6) is -0.710. The average molecular weight is 436 g/mol. The number of urea groups is 1. The van der Waals surface area contributed by atoms with Crippen molar-refractivity contribution < 1.29 is 19.1 Å². The van der Waals surface area contributed by atoms with Gasteiger partial charge in [-0.2, -0.15) is 0 Å². The lowest BCUT2D eigenvalue weighted by Crippen LogP contribution is -2.54. The predicted octanol–water partition coefficient (Wildman–Crippen LogP) is 1.88. The number of hydrogen-bond donors (Lipinski definition) is 4. The molecule has 0 aromatic heterocycles. The number of carbonyl (C=O) groups is 3. The fourth-order valence-corrected chi connectivity index (χ4v) is 3.34. The van der Waals surface area contributed by atoms with Crippen LogP contribution < -0.4 is 26.4 Å². The van der Waals surface area contributed by atoms with Crippen LogP contribution in [0.4, 0.5) is 21.9 Å². The van der Waals surface area contributed by atoms with Crippen LogP contribution in [0.5, 0.6) is 0 Å². The lowest BCUT2D eigenvalue weighted by Gasteiger charge is -2.27. The third-order valence-electron chi connectivity index (χ3n) is 4.98. The summed E-state index contributed by atoms with van der Waals surface area (Å²) in [7, 11) is 0. The van der Waals surface area contributed by atoms with Gasteiger partial charge in [0.1, 0.15) is 6.54 Å². The number of benzene rings is 2. The van der Waals surface area contributed by atoms with Crippen LogP contribution in [0.15, 0.2) is 59.6 Å². The van der Waals surface area contributed by atoms with Crippen molar-refractivity contribution in [2.24, 2.45) is 4.99 Å². The number of ether oxygens (including phenoxy) is 1. The molecule has 0 spiro atoms. The molecule has 0 radical (unpaired) electrons. The summed E-state index contributed by atoms with van der Waals surface area (Å²) in [5, 5.41) is 9.55. The molecule has 4 amide bonds. The highest BCUT2D eigenvalue weighted by molar-refractivity contribution is 6.43. The smallest absolute Gasteiger partial charge is 0.319 e. The maximum absolute atomic E-state index is 12.6. The van der Waals surface area contributed by atoms with Crippen LogP contribution in [0.25, 0.3) is 0 Å². The molecule has 0 aliphatic carbocycles. The van der Waals surface area contributed by atoms with E-state index in [1.54, 1.807) is 48.5 Å². The first-order valence-electron chi connectivity index (χ1n) is 10.4. The number of para-hydroxylation sites is 1. The van der Waals surface area contributed by atoms with Gasteiger partial charge in [-0.3, -0.25) is 20.0 Å². The summed E-state index contributed by atoms with van der Waals surface area (Å²) in [6.45, 7) is 1.08. The number of nitrogens with zero attached hydrogens (tertiary/aromatic N) is 2. The van der Waals surface area contributed by atoms with Crippen molar-refractivity contribution in [2.45, 2.75) is 18.9 Å². The summed E-state index contributed by atoms with van der Waals surface area (Å²) in [4.78, 5) is 40.8. The molecule has 2 aromatic rings. The summed E-state index contributed by atoms with van der Waals surface area (Å²) in [6.07, 6.45) is 2.04. The average Bonchev–Trinajstić information content (AvgIpc) is 3.34. The van der Waals surface area contributed by atoms with Gasteiger partial charge in [0.25, 0.3) is 11.8 Å². The van der Waals surface area contributed by atoms with Crippen LogP contribution in [0, 0.1) is 0 Å². The van der Waals surface area contributed by atoms with Gasteiger partial charge in [0.2, 0.25) is 5.84 Å². The summed E-state index contributed by atoms with van der Waals surface area (Å²) in [6, 6.07) is 15.3. The van der Waals surface area contributed by atoms with E-state index < -0.39 is 5.91 Å². The van der Waals surface area contributed by atoms with Gasteiger partial charge in [-0.05, 0) is 49.2 Å². The molecule has 2 heterocycles. The number of amidine groups is 1. The molecule has 1 atom stereocenters. The van der Waals surface area contributed by atoms with Crippen molar-refractivity contribution >= 4 is 40.7 Å². The van der Waals surface area contributed by atoms with Gasteiger partial charge in [-0.15, -0.1) is 0 Å². The zero-order valence-electron chi connectivity index (χ0n) is 17.3. The summed E-state index contributed by atoms with van der Waals surface area (Å²) < 4.78 is 5.47. The van der Waals surface area contributed by atoms with Crippen LogP contribution in [-0.2, 0) is 14.3 Å². The van der Waals surface area contributed by atoms with Gasteiger partial charge < -0.3 is 20.7 Å². The minimum absolute atomic E-state index is 0.0316. The standard InChI is InChI=1S/C22H24N6O4/c29-19-14-23-20(27-28(19)17-5-2-1-3-6-17)21(30)25-15-8-10-16(11-9-15)26-22(31)24-13-18-7-4-12-32-18/h1-3,5-6,8-11,18H,4,7,12-14H2,(H,23,27)(H,25,30)(H2,24,26,31). The number of aliphatic imine (C=N–C) groups is 1. The molecular formula is C22H24N6O4. The van der Waals surface area contributed by atoms with E-state index in [0.29, 0.717) is 23.6 Å². The zero-order chi connectivity index (χ0) is 22.3. The predicted molar refractivity (Wildman–Crippen MR) is 120 cm³/mol. The molecule has 2 aromatic carbocycles. The molecule has 0 bridgehead atoms. The van der Waals surface area contributed by atoms with Crippen molar-refractivity contribution in [1.82, 2.24) is 10.7 Å². The molecule has 4 rings (SSSR count). The van der Waals surface area contributed by atoms with Gasteiger partial charge in [0.15, 0.2) is 0 Å². The second-order valence-corrected chi connectivity index (χ2v) is 7.34. The van der Waals surface area contributed by atoms with Crippen molar-refractivity contribution in [1.29, 1.82) is 0 Å². The number of hydrazine groups is 1. The maximum atomic E-state index is 12.6. The van der Waals surface area contributed by atoms with Gasteiger partial charge >= 0.3 is 6.03 Å². The van der Waals surface area contributed by atoms with Crippen molar-refractivity contribution in [2.75, 3.05) is 35.3 Å². The zero-order valence-corrected chi connectivity index (χ0v) is 17.3. The molecule has 1 unspecified atom stereocenters. The Balaban J connectivity index is 1.29. The van der Waals surface area contributed by atoms with E-state index in [2.05, 4.69) is 26.4 Å². The van der Waals surface area contributed by atoms with E-state index in [0.717, 1.165) is 19.4 Å². The number of hydrogen-bond acceptors (Lipinski definition) is 6. The first kappa shape index (κ1) is 21.3. The summed E-state index contributed by atoms with van der Waals surface area (Å²) >= 11 is 0. The first-order valence-corrected chi connectivity index (χ1v) is 10.4. The van der Waals surface area contributed by atoms with E-state index in [1.165, 1.54) is 5.01 Å². The lowest BCUT2D eigenvalue weighted by atomic mass is 10.2. The third kappa shape index (κ3) is 5.41. The Bertz CT molecular complexity index is 1000.